The lowest BCUT2D eigenvalue weighted by molar-refractivity contribution is 0.206. The molecule has 19 heavy (non-hydrogen) atoms. The van der Waals surface area contributed by atoms with Gasteiger partial charge in [0.2, 0.25) is 0 Å². The second-order valence-corrected chi connectivity index (χ2v) is 5.46. The second-order valence-electron chi connectivity index (χ2n) is 5.06. The van der Waals surface area contributed by atoms with Gasteiger partial charge in [-0.2, -0.15) is 0 Å². The zero-order valence-electron chi connectivity index (χ0n) is 11.6. The minimum atomic E-state index is 0.154. The van der Waals surface area contributed by atoms with E-state index in [1.807, 2.05) is 18.2 Å². The van der Waals surface area contributed by atoms with Crippen LogP contribution in [0, 0.1) is 0 Å². The highest BCUT2D eigenvalue weighted by atomic mass is 35.5. The van der Waals surface area contributed by atoms with Crippen LogP contribution in [0.5, 0.6) is 5.75 Å². The summed E-state index contributed by atoms with van der Waals surface area (Å²) in [7, 11) is 1.69. The molecule has 1 aliphatic heterocycles. The van der Waals surface area contributed by atoms with Gasteiger partial charge in [0, 0.05) is 17.1 Å². The van der Waals surface area contributed by atoms with Crippen LogP contribution in [0.1, 0.15) is 37.3 Å². The Labute approximate surface area is 120 Å². The second kappa shape index (κ2) is 7.13. The van der Waals surface area contributed by atoms with Crippen molar-refractivity contribution in [3.05, 3.63) is 28.8 Å². The third kappa shape index (κ3) is 3.41. The first kappa shape index (κ1) is 14.6. The number of likely N-dealkylation sites (tertiary alicyclic amines) is 1. The van der Waals surface area contributed by atoms with Gasteiger partial charge in [-0.25, -0.2) is 0 Å². The molecular formula is C15H23ClN2O. The Morgan fingerprint density at radius 1 is 1.26 bits per heavy atom. The Morgan fingerprint density at radius 3 is 2.53 bits per heavy atom. The molecule has 1 fully saturated rings. The van der Waals surface area contributed by atoms with Gasteiger partial charge in [-0.1, -0.05) is 30.5 Å². The van der Waals surface area contributed by atoms with Crippen molar-refractivity contribution in [1.82, 2.24) is 4.90 Å². The summed E-state index contributed by atoms with van der Waals surface area (Å²) in [6.07, 6.45) is 5.10. The summed E-state index contributed by atoms with van der Waals surface area (Å²) in [6.45, 7) is 2.76. The Kier molecular flexibility index (Phi) is 5.49. The van der Waals surface area contributed by atoms with Gasteiger partial charge >= 0.3 is 0 Å². The lowest BCUT2D eigenvalue weighted by Crippen LogP contribution is -2.35. The monoisotopic (exact) mass is 282 g/mol. The van der Waals surface area contributed by atoms with Crippen LogP contribution in [-0.2, 0) is 0 Å². The van der Waals surface area contributed by atoms with Crippen molar-refractivity contribution in [3.8, 4) is 5.75 Å². The van der Waals surface area contributed by atoms with E-state index in [0.717, 1.165) is 29.4 Å². The highest BCUT2D eigenvalue weighted by Crippen LogP contribution is 2.35. The molecule has 3 nitrogen and oxygen atoms in total. The molecule has 1 aromatic rings. The van der Waals surface area contributed by atoms with E-state index in [0.29, 0.717) is 6.54 Å². The lowest BCUT2D eigenvalue weighted by atomic mass is 10.0. The average Bonchev–Trinajstić information content (AvgIpc) is 2.70. The smallest absolute Gasteiger partial charge is 0.125 e. The van der Waals surface area contributed by atoms with Crippen LogP contribution >= 0.6 is 11.6 Å². The maximum Gasteiger partial charge on any atom is 0.125 e. The van der Waals surface area contributed by atoms with Gasteiger partial charge in [-0.15, -0.1) is 0 Å². The van der Waals surface area contributed by atoms with Gasteiger partial charge in [0.1, 0.15) is 5.75 Å². The number of nitrogens with two attached hydrogens (primary N) is 1. The van der Waals surface area contributed by atoms with Crippen LogP contribution < -0.4 is 10.5 Å². The number of rotatable bonds is 4. The minimum Gasteiger partial charge on any atom is -0.496 e. The number of benzene rings is 1. The van der Waals surface area contributed by atoms with Gasteiger partial charge in [0.25, 0.3) is 0 Å². The van der Waals surface area contributed by atoms with E-state index >= 15 is 0 Å². The average molecular weight is 283 g/mol. The molecular weight excluding hydrogens is 260 g/mol. The zero-order valence-corrected chi connectivity index (χ0v) is 12.3. The van der Waals surface area contributed by atoms with Crippen molar-refractivity contribution in [1.29, 1.82) is 0 Å². The number of hydrogen-bond acceptors (Lipinski definition) is 3. The minimum absolute atomic E-state index is 0.154. The molecule has 106 valence electrons. The van der Waals surface area contributed by atoms with E-state index in [1.165, 1.54) is 25.7 Å². The highest BCUT2D eigenvalue weighted by Gasteiger charge is 2.25. The molecule has 0 radical (unpaired) electrons. The fourth-order valence-corrected chi connectivity index (χ4v) is 3.17. The molecule has 1 aliphatic rings. The SMILES string of the molecule is COc1cccc(Cl)c1C(CN)N1CCCCCC1. The fourth-order valence-electron chi connectivity index (χ4n) is 2.87. The number of hydrogen-bond donors (Lipinski definition) is 1. The van der Waals surface area contributed by atoms with Gasteiger partial charge in [0.15, 0.2) is 0 Å². The van der Waals surface area contributed by atoms with Gasteiger partial charge in [-0.05, 0) is 38.1 Å². The van der Waals surface area contributed by atoms with Crippen molar-refractivity contribution >= 4 is 11.6 Å². The Hall–Kier alpha value is -0.770. The first-order valence-electron chi connectivity index (χ1n) is 7.04. The Balaban J connectivity index is 2.30. The predicted octanol–water partition coefficient (Wildman–Crippen LogP) is 3.22. The van der Waals surface area contributed by atoms with Gasteiger partial charge < -0.3 is 10.5 Å². The van der Waals surface area contributed by atoms with Crippen LogP contribution in [-0.4, -0.2) is 31.6 Å². The molecule has 0 bridgehead atoms. The highest BCUT2D eigenvalue weighted by molar-refractivity contribution is 6.31. The van der Waals surface area contributed by atoms with Crippen molar-refractivity contribution in [2.45, 2.75) is 31.7 Å². The van der Waals surface area contributed by atoms with Crippen LogP contribution in [0.4, 0.5) is 0 Å². The molecule has 1 heterocycles. The summed E-state index contributed by atoms with van der Waals surface area (Å²) in [4.78, 5) is 2.46. The molecule has 0 spiro atoms. The normalized spacial score (nSPS) is 18.9. The maximum absolute atomic E-state index is 6.38. The quantitative estimate of drug-likeness (QED) is 0.921. The van der Waals surface area contributed by atoms with Crippen molar-refractivity contribution in [2.24, 2.45) is 5.73 Å². The molecule has 0 aliphatic carbocycles. The molecule has 1 unspecified atom stereocenters. The largest absolute Gasteiger partial charge is 0.496 e. The molecule has 0 amide bonds. The standard InChI is InChI=1S/C15H23ClN2O/c1-19-14-8-6-7-12(16)15(14)13(11-17)18-9-4-2-3-5-10-18/h6-8,13H,2-5,9-11,17H2,1H3. The molecule has 1 aromatic carbocycles. The van der Waals surface area contributed by atoms with Crippen molar-refractivity contribution in [3.63, 3.8) is 0 Å². The number of ether oxygens (including phenoxy) is 1. The molecule has 2 rings (SSSR count). The maximum atomic E-state index is 6.38. The summed E-state index contributed by atoms with van der Waals surface area (Å²) in [5, 5.41) is 0.749. The summed E-state index contributed by atoms with van der Waals surface area (Å²) in [6, 6.07) is 5.95. The van der Waals surface area contributed by atoms with Gasteiger partial charge in [0.05, 0.1) is 13.2 Å². The number of halogens is 1. The third-order valence-electron chi connectivity index (χ3n) is 3.87. The van der Waals surface area contributed by atoms with Crippen molar-refractivity contribution < 1.29 is 4.74 Å². The summed E-state index contributed by atoms with van der Waals surface area (Å²) in [5.74, 6) is 0.840. The summed E-state index contributed by atoms with van der Waals surface area (Å²) in [5.41, 5.74) is 7.06. The molecule has 0 saturated carbocycles. The Bertz CT molecular complexity index is 403. The van der Waals surface area contributed by atoms with E-state index in [2.05, 4.69) is 4.90 Å². The van der Waals surface area contributed by atoms with E-state index < -0.39 is 0 Å². The lowest BCUT2D eigenvalue weighted by Gasteiger charge is -2.31. The molecule has 2 N–H and O–H groups in total. The predicted molar refractivity (Wildman–Crippen MR) is 79.8 cm³/mol. The summed E-state index contributed by atoms with van der Waals surface area (Å²) >= 11 is 6.38. The van der Waals surface area contributed by atoms with Crippen LogP contribution in [0.15, 0.2) is 18.2 Å². The van der Waals surface area contributed by atoms with Crippen LogP contribution in [0.3, 0.4) is 0 Å². The topological polar surface area (TPSA) is 38.5 Å². The number of nitrogens with zero attached hydrogens (tertiary/aromatic N) is 1. The first-order valence-corrected chi connectivity index (χ1v) is 7.42. The van der Waals surface area contributed by atoms with Crippen LogP contribution in [0.2, 0.25) is 5.02 Å². The van der Waals surface area contributed by atoms with Crippen molar-refractivity contribution in [2.75, 3.05) is 26.7 Å². The molecule has 1 saturated heterocycles. The first-order chi connectivity index (χ1) is 9.27. The van der Waals surface area contributed by atoms with E-state index in [-0.39, 0.29) is 6.04 Å². The third-order valence-corrected chi connectivity index (χ3v) is 4.20. The molecule has 4 heteroatoms. The molecule has 0 aromatic heterocycles. The van der Waals surface area contributed by atoms with Crippen LogP contribution in [0.25, 0.3) is 0 Å². The van der Waals surface area contributed by atoms with E-state index in [1.54, 1.807) is 7.11 Å². The fraction of sp³-hybridized carbons (Fsp3) is 0.600. The van der Waals surface area contributed by atoms with Gasteiger partial charge in [-0.3, -0.25) is 4.90 Å². The zero-order chi connectivity index (χ0) is 13.7. The van der Waals surface area contributed by atoms with E-state index in [9.17, 15) is 0 Å². The Morgan fingerprint density at radius 2 is 1.95 bits per heavy atom. The molecule has 1 atom stereocenters. The van der Waals surface area contributed by atoms with E-state index in [4.69, 9.17) is 22.1 Å². The summed E-state index contributed by atoms with van der Waals surface area (Å²) < 4.78 is 5.46. The number of methoxy groups -OCH3 is 1.